The van der Waals surface area contributed by atoms with Crippen molar-refractivity contribution < 1.29 is 9.90 Å². The molecule has 0 radical (unpaired) electrons. The highest BCUT2D eigenvalue weighted by Crippen LogP contribution is 2.28. The minimum absolute atomic E-state index is 0.141. The van der Waals surface area contributed by atoms with E-state index in [1.54, 1.807) is 23.6 Å². The van der Waals surface area contributed by atoms with Gasteiger partial charge in [-0.3, -0.25) is 9.36 Å². The number of anilines is 1. The van der Waals surface area contributed by atoms with Crippen LogP contribution in [0.5, 0.6) is 5.75 Å². The molecule has 0 fully saturated rings. The number of guanidine groups is 1. The van der Waals surface area contributed by atoms with E-state index in [1.165, 1.54) is 0 Å². The second-order valence-electron chi connectivity index (χ2n) is 6.19. The normalized spacial score (nSPS) is 15.1. The lowest BCUT2D eigenvalue weighted by Crippen LogP contribution is -2.41. The summed E-state index contributed by atoms with van der Waals surface area (Å²) in [6.07, 6.45) is 1.81. The van der Waals surface area contributed by atoms with Crippen molar-refractivity contribution in [2.75, 3.05) is 18.8 Å². The van der Waals surface area contributed by atoms with Gasteiger partial charge in [-0.1, -0.05) is 6.07 Å². The number of aryl methyl sites for hydroxylation is 1. The molecule has 25 heavy (non-hydrogen) atoms. The van der Waals surface area contributed by atoms with Gasteiger partial charge in [-0.2, -0.15) is 4.99 Å². The maximum absolute atomic E-state index is 12.0. The van der Waals surface area contributed by atoms with Crippen LogP contribution in [0.25, 0.3) is 11.9 Å². The van der Waals surface area contributed by atoms with Crippen molar-refractivity contribution in [3.8, 4) is 11.4 Å². The number of hydrogen-bond donors (Lipinski definition) is 3. The van der Waals surface area contributed by atoms with Gasteiger partial charge in [0.2, 0.25) is 5.96 Å². The third kappa shape index (κ3) is 2.03. The van der Waals surface area contributed by atoms with Crippen LogP contribution in [0.15, 0.2) is 22.1 Å². The summed E-state index contributed by atoms with van der Waals surface area (Å²) < 4.78 is 1.68. The number of aromatic nitrogens is 1. The summed E-state index contributed by atoms with van der Waals surface area (Å²) in [6, 6.07) is 3.42. The average Bonchev–Trinajstić information content (AvgIpc) is 3.11. The van der Waals surface area contributed by atoms with Crippen LogP contribution < -0.4 is 22.2 Å². The summed E-state index contributed by atoms with van der Waals surface area (Å²) >= 11 is 0. The van der Waals surface area contributed by atoms with Crippen LogP contribution in [0.1, 0.15) is 21.5 Å². The fourth-order valence-corrected chi connectivity index (χ4v) is 3.40. The Kier molecular flexibility index (Phi) is 3.11. The van der Waals surface area contributed by atoms with Gasteiger partial charge >= 0.3 is 0 Å². The lowest BCUT2D eigenvalue weighted by atomic mass is 10.1. The van der Waals surface area contributed by atoms with Crippen LogP contribution in [0.2, 0.25) is 0 Å². The van der Waals surface area contributed by atoms with Crippen LogP contribution in [-0.2, 0) is 0 Å². The minimum atomic E-state index is -0.617. The van der Waals surface area contributed by atoms with Gasteiger partial charge in [-0.25, -0.2) is 4.99 Å². The fraction of sp³-hybridized carbons (Fsp3) is 0.235. The summed E-state index contributed by atoms with van der Waals surface area (Å²) in [5, 5.41) is 10.7. The lowest BCUT2D eigenvalue weighted by Gasteiger charge is -2.17. The highest BCUT2D eigenvalue weighted by Gasteiger charge is 2.26. The van der Waals surface area contributed by atoms with Crippen molar-refractivity contribution in [1.29, 1.82) is 0 Å². The zero-order chi connectivity index (χ0) is 17.9. The van der Waals surface area contributed by atoms with Gasteiger partial charge < -0.3 is 21.5 Å². The van der Waals surface area contributed by atoms with Crippen molar-refractivity contribution in [2.24, 2.45) is 15.7 Å². The summed E-state index contributed by atoms with van der Waals surface area (Å²) in [7, 11) is 0. The van der Waals surface area contributed by atoms with Gasteiger partial charge in [0.15, 0.2) is 5.49 Å². The Morgan fingerprint density at radius 2 is 2.08 bits per heavy atom. The number of phenols is 1. The van der Waals surface area contributed by atoms with E-state index in [4.69, 9.17) is 11.5 Å². The molecule has 0 saturated carbocycles. The van der Waals surface area contributed by atoms with Crippen LogP contribution in [0.4, 0.5) is 5.82 Å². The summed E-state index contributed by atoms with van der Waals surface area (Å²) in [5.41, 5.74) is 14.8. The van der Waals surface area contributed by atoms with Gasteiger partial charge in [0.25, 0.3) is 5.91 Å². The molecule has 0 aliphatic carbocycles. The number of fused-ring (bicyclic) bond motifs is 2. The largest absolute Gasteiger partial charge is 0.508 e. The Hall–Kier alpha value is -3.29. The first-order valence-corrected chi connectivity index (χ1v) is 7.91. The number of rotatable bonds is 2. The Labute approximate surface area is 143 Å². The van der Waals surface area contributed by atoms with Crippen molar-refractivity contribution in [2.45, 2.75) is 13.8 Å². The van der Waals surface area contributed by atoms with Crippen molar-refractivity contribution in [1.82, 2.24) is 9.47 Å². The average molecular weight is 338 g/mol. The van der Waals surface area contributed by atoms with Crippen LogP contribution in [0, 0.1) is 13.8 Å². The molecule has 1 aromatic carbocycles. The number of nitrogens with zero attached hydrogens (tertiary/aromatic N) is 4. The zero-order valence-corrected chi connectivity index (χ0v) is 13.9. The second kappa shape index (κ2) is 5.10. The molecule has 5 N–H and O–H groups in total. The molecule has 8 heteroatoms. The molecular formula is C17H18N6O2. The number of hydrogen-bond acceptors (Lipinski definition) is 6. The molecule has 2 aromatic rings. The van der Waals surface area contributed by atoms with Gasteiger partial charge in [0, 0.05) is 18.3 Å². The Bertz CT molecular complexity index is 1080. The molecule has 2 aliphatic heterocycles. The molecule has 0 saturated heterocycles. The summed E-state index contributed by atoms with van der Waals surface area (Å²) in [5.74, 6) is 0.311. The van der Waals surface area contributed by atoms with E-state index < -0.39 is 5.91 Å². The number of nitrogens with two attached hydrogens (primary N) is 2. The minimum Gasteiger partial charge on any atom is -0.508 e. The van der Waals surface area contributed by atoms with E-state index in [0.29, 0.717) is 41.0 Å². The SMILES string of the molecule is Cc1ccc(O)c(C)c1-n1c(N)c(C(N)=O)c2c1=NC1=NCCN1C=2. The molecule has 128 valence electrons. The van der Waals surface area contributed by atoms with Crippen LogP contribution in [0.3, 0.4) is 0 Å². The molecule has 0 atom stereocenters. The van der Waals surface area contributed by atoms with E-state index in [9.17, 15) is 9.90 Å². The highest BCUT2D eigenvalue weighted by atomic mass is 16.3. The van der Waals surface area contributed by atoms with E-state index in [1.807, 2.05) is 18.0 Å². The Morgan fingerprint density at radius 3 is 2.80 bits per heavy atom. The van der Waals surface area contributed by atoms with E-state index in [-0.39, 0.29) is 17.1 Å². The molecule has 0 bridgehead atoms. The molecule has 8 nitrogen and oxygen atoms in total. The van der Waals surface area contributed by atoms with Gasteiger partial charge in [-0.05, 0) is 25.5 Å². The third-order valence-corrected chi connectivity index (χ3v) is 4.64. The lowest BCUT2D eigenvalue weighted by molar-refractivity contribution is 0.1000. The zero-order valence-electron chi connectivity index (χ0n) is 13.9. The number of phenolic OH excluding ortho intramolecular Hbond substituents is 1. The van der Waals surface area contributed by atoms with E-state index >= 15 is 0 Å². The predicted octanol–water partition coefficient (Wildman–Crippen LogP) is -0.476. The Balaban J connectivity index is 2.18. The molecular weight excluding hydrogens is 320 g/mol. The smallest absolute Gasteiger partial charge is 0.253 e. The van der Waals surface area contributed by atoms with E-state index in [2.05, 4.69) is 9.98 Å². The van der Waals surface area contributed by atoms with E-state index in [0.717, 1.165) is 5.56 Å². The Morgan fingerprint density at radius 1 is 1.32 bits per heavy atom. The summed E-state index contributed by atoms with van der Waals surface area (Å²) in [6.45, 7) is 5.04. The summed E-state index contributed by atoms with van der Waals surface area (Å²) in [4.78, 5) is 22.9. The quantitative estimate of drug-likeness (QED) is 0.685. The molecule has 4 rings (SSSR count). The topological polar surface area (TPSA) is 122 Å². The molecule has 1 amide bonds. The standard InChI is InChI=1S/C17H18N6O2/c1-8-3-4-11(24)9(2)13(8)23-14(18)12(15(19)25)10-7-22-6-5-20-17(22)21-16(10)23/h3-4,7,24H,5-6,18H2,1-2H3,(H2,19,25). The number of primary amides is 1. The third-order valence-electron chi connectivity index (χ3n) is 4.64. The van der Waals surface area contributed by atoms with Crippen molar-refractivity contribution in [3.63, 3.8) is 0 Å². The number of aliphatic imine (C=N–C) groups is 1. The van der Waals surface area contributed by atoms with Gasteiger partial charge in [0.05, 0.1) is 23.0 Å². The number of carbonyl (C=O) groups is 1. The predicted molar refractivity (Wildman–Crippen MR) is 94.1 cm³/mol. The number of benzene rings is 1. The first kappa shape index (κ1) is 15.3. The maximum Gasteiger partial charge on any atom is 0.253 e. The van der Waals surface area contributed by atoms with Crippen molar-refractivity contribution >= 4 is 23.9 Å². The fourth-order valence-electron chi connectivity index (χ4n) is 3.40. The molecule has 0 unspecified atom stereocenters. The molecule has 2 aliphatic rings. The maximum atomic E-state index is 12.0. The molecule has 1 aromatic heterocycles. The number of amides is 1. The van der Waals surface area contributed by atoms with Gasteiger partial charge in [0.1, 0.15) is 11.6 Å². The highest BCUT2D eigenvalue weighted by molar-refractivity contribution is 5.99. The number of carbonyl (C=O) groups excluding carboxylic acids is 1. The van der Waals surface area contributed by atoms with Crippen LogP contribution >= 0.6 is 0 Å². The number of aromatic hydroxyl groups is 1. The number of nitrogen functional groups attached to an aromatic ring is 1. The second-order valence-corrected chi connectivity index (χ2v) is 6.19. The molecule has 0 spiro atoms. The monoisotopic (exact) mass is 338 g/mol. The first-order chi connectivity index (χ1) is 11.9. The van der Waals surface area contributed by atoms with Gasteiger partial charge in [-0.15, -0.1) is 0 Å². The van der Waals surface area contributed by atoms with Crippen molar-refractivity contribution in [3.05, 3.63) is 39.5 Å². The van der Waals surface area contributed by atoms with Crippen LogP contribution in [-0.4, -0.2) is 39.5 Å². The molecule has 3 heterocycles. The first-order valence-electron chi connectivity index (χ1n) is 7.91.